The summed E-state index contributed by atoms with van der Waals surface area (Å²) < 4.78 is 30.1. The minimum absolute atomic E-state index is 0.00390. The van der Waals surface area contributed by atoms with Crippen LogP contribution >= 0.6 is 0 Å². The van der Waals surface area contributed by atoms with Crippen molar-refractivity contribution in [3.05, 3.63) is 0 Å². The Morgan fingerprint density at radius 3 is 2.38 bits per heavy atom. The first-order chi connectivity index (χ1) is 9.61. The van der Waals surface area contributed by atoms with Crippen molar-refractivity contribution in [3.63, 3.8) is 0 Å². The van der Waals surface area contributed by atoms with Crippen LogP contribution in [-0.2, 0) is 14.6 Å². The number of carboxylic acid groups (broad SMARTS) is 1. The van der Waals surface area contributed by atoms with Crippen LogP contribution in [0.1, 0.15) is 47.0 Å². The fraction of sp³-hybridized carbons (Fsp3) is 0.929. The number of rotatable bonds is 6. The van der Waals surface area contributed by atoms with Crippen molar-refractivity contribution in [2.75, 3.05) is 5.75 Å². The highest BCUT2D eigenvalue weighted by molar-refractivity contribution is 7.91. The Labute approximate surface area is 127 Å². The summed E-state index contributed by atoms with van der Waals surface area (Å²) >= 11 is 0. The predicted octanol–water partition coefficient (Wildman–Crippen LogP) is 2.04. The van der Waals surface area contributed by atoms with Gasteiger partial charge >= 0.3 is 6.09 Å². The summed E-state index contributed by atoms with van der Waals surface area (Å²) in [4.78, 5) is 10.9. The van der Waals surface area contributed by atoms with Gasteiger partial charge < -0.3 is 15.2 Å². The highest BCUT2D eigenvalue weighted by atomic mass is 32.2. The maximum Gasteiger partial charge on any atom is 0.404 e. The SMILES string of the molecule is CC(C)OC1CC[C@H](NC(=O)O)[C@@H](CS(=O)(=O)C(C)C)C1. The van der Waals surface area contributed by atoms with E-state index in [9.17, 15) is 13.2 Å². The molecule has 0 spiro atoms. The molecule has 21 heavy (non-hydrogen) atoms. The van der Waals surface area contributed by atoms with E-state index in [1.807, 2.05) is 13.8 Å². The predicted molar refractivity (Wildman–Crippen MR) is 81.2 cm³/mol. The minimum Gasteiger partial charge on any atom is -0.465 e. The number of nitrogens with one attached hydrogen (secondary N) is 1. The van der Waals surface area contributed by atoms with Gasteiger partial charge in [-0.2, -0.15) is 0 Å². The van der Waals surface area contributed by atoms with Gasteiger partial charge in [0.2, 0.25) is 0 Å². The normalized spacial score (nSPS) is 27.0. The number of sulfone groups is 1. The van der Waals surface area contributed by atoms with Gasteiger partial charge in [0.25, 0.3) is 0 Å². The lowest BCUT2D eigenvalue weighted by Gasteiger charge is -2.36. The maximum absolute atomic E-state index is 12.1. The minimum atomic E-state index is -3.21. The Morgan fingerprint density at radius 1 is 1.29 bits per heavy atom. The number of amides is 1. The Morgan fingerprint density at radius 2 is 1.90 bits per heavy atom. The highest BCUT2D eigenvalue weighted by Crippen LogP contribution is 2.29. The second kappa shape index (κ2) is 7.45. The smallest absolute Gasteiger partial charge is 0.404 e. The van der Waals surface area contributed by atoms with Gasteiger partial charge in [-0.15, -0.1) is 0 Å². The number of ether oxygens (including phenoxy) is 1. The monoisotopic (exact) mass is 321 g/mol. The highest BCUT2D eigenvalue weighted by Gasteiger charge is 2.36. The summed E-state index contributed by atoms with van der Waals surface area (Å²) in [5.41, 5.74) is 0. The van der Waals surface area contributed by atoms with Gasteiger partial charge in [-0.3, -0.25) is 0 Å². The summed E-state index contributed by atoms with van der Waals surface area (Å²) in [6.45, 7) is 7.20. The molecule has 1 fully saturated rings. The Balaban J connectivity index is 2.80. The van der Waals surface area contributed by atoms with Gasteiger partial charge in [0, 0.05) is 6.04 Å². The molecular weight excluding hydrogens is 294 g/mol. The zero-order valence-corrected chi connectivity index (χ0v) is 14.0. The molecule has 0 aromatic rings. The van der Waals surface area contributed by atoms with Gasteiger partial charge in [-0.05, 0) is 52.9 Å². The Bertz CT molecular complexity index is 446. The average molecular weight is 321 g/mol. The van der Waals surface area contributed by atoms with E-state index in [2.05, 4.69) is 5.32 Å². The molecule has 0 heterocycles. The lowest BCUT2D eigenvalue weighted by molar-refractivity contribution is -0.0275. The van der Waals surface area contributed by atoms with Crippen molar-refractivity contribution in [3.8, 4) is 0 Å². The molecule has 0 saturated heterocycles. The van der Waals surface area contributed by atoms with E-state index in [-0.39, 0.29) is 29.9 Å². The van der Waals surface area contributed by atoms with Crippen LogP contribution in [0.2, 0.25) is 0 Å². The van der Waals surface area contributed by atoms with E-state index in [0.29, 0.717) is 12.8 Å². The molecule has 1 aliphatic carbocycles. The Hall–Kier alpha value is -0.820. The molecule has 7 heteroatoms. The van der Waals surface area contributed by atoms with Crippen molar-refractivity contribution in [1.29, 1.82) is 0 Å². The zero-order chi connectivity index (χ0) is 16.2. The number of hydrogen-bond donors (Lipinski definition) is 2. The maximum atomic E-state index is 12.1. The molecule has 6 nitrogen and oxygen atoms in total. The first-order valence-corrected chi connectivity index (χ1v) is 9.19. The fourth-order valence-electron chi connectivity index (χ4n) is 2.75. The molecule has 1 saturated carbocycles. The third-order valence-electron chi connectivity index (χ3n) is 3.87. The van der Waals surface area contributed by atoms with Gasteiger partial charge in [0.15, 0.2) is 9.84 Å². The average Bonchev–Trinajstić information content (AvgIpc) is 2.30. The lowest BCUT2D eigenvalue weighted by Crippen LogP contribution is -2.48. The van der Waals surface area contributed by atoms with E-state index >= 15 is 0 Å². The summed E-state index contributed by atoms with van der Waals surface area (Å²) in [5, 5.41) is 10.9. The first-order valence-electron chi connectivity index (χ1n) is 7.48. The van der Waals surface area contributed by atoms with E-state index in [1.54, 1.807) is 13.8 Å². The van der Waals surface area contributed by atoms with Crippen LogP contribution in [0.5, 0.6) is 0 Å². The van der Waals surface area contributed by atoms with Gasteiger partial charge in [0.1, 0.15) is 0 Å². The molecule has 2 N–H and O–H groups in total. The van der Waals surface area contributed by atoms with E-state index < -0.39 is 21.2 Å². The van der Waals surface area contributed by atoms with Crippen LogP contribution in [0.3, 0.4) is 0 Å². The summed E-state index contributed by atoms with van der Waals surface area (Å²) in [6, 6.07) is -0.317. The van der Waals surface area contributed by atoms with Crippen LogP contribution in [0.25, 0.3) is 0 Å². The molecule has 0 aromatic heterocycles. The quantitative estimate of drug-likeness (QED) is 0.781. The van der Waals surface area contributed by atoms with E-state index in [0.717, 1.165) is 6.42 Å². The molecule has 0 radical (unpaired) electrons. The number of carbonyl (C=O) groups is 1. The van der Waals surface area contributed by atoms with Gasteiger partial charge in [-0.1, -0.05) is 0 Å². The van der Waals surface area contributed by atoms with Crippen LogP contribution in [0.4, 0.5) is 4.79 Å². The zero-order valence-electron chi connectivity index (χ0n) is 13.2. The topological polar surface area (TPSA) is 92.7 Å². The van der Waals surface area contributed by atoms with E-state index in [1.165, 1.54) is 0 Å². The van der Waals surface area contributed by atoms with Crippen LogP contribution < -0.4 is 5.32 Å². The van der Waals surface area contributed by atoms with Crippen molar-refractivity contribution in [2.24, 2.45) is 5.92 Å². The van der Waals surface area contributed by atoms with Gasteiger partial charge in [0.05, 0.1) is 23.2 Å². The second-order valence-electron chi connectivity index (χ2n) is 6.31. The largest absolute Gasteiger partial charge is 0.465 e. The van der Waals surface area contributed by atoms with Crippen molar-refractivity contribution in [1.82, 2.24) is 5.32 Å². The summed E-state index contributed by atoms with van der Waals surface area (Å²) in [6.07, 6.45) is 0.930. The van der Waals surface area contributed by atoms with Crippen LogP contribution in [-0.4, -0.2) is 48.9 Å². The van der Waals surface area contributed by atoms with Crippen molar-refractivity contribution < 1.29 is 23.1 Å². The third kappa shape index (κ3) is 5.82. The molecule has 1 unspecified atom stereocenters. The van der Waals surface area contributed by atoms with Crippen LogP contribution in [0, 0.1) is 5.92 Å². The lowest BCUT2D eigenvalue weighted by atomic mass is 9.84. The molecule has 1 aliphatic rings. The van der Waals surface area contributed by atoms with Gasteiger partial charge in [-0.25, -0.2) is 13.2 Å². The molecule has 0 bridgehead atoms. The van der Waals surface area contributed by atoms with Crippen LogP contribution in [0.15, 0.2) is 0 Å². The summed E-state index contributed by atoms with van der Waals surface area (Å²) in [5.74, 6) is -0.223. The summed E-state index contributed by atoms with van der Waals surface area (Å²) in [7, 11) is -3.21. The molecule has 124 valence electrons. The molecule has 3 atom stereocenters. The molecule has 0 aliphatic heterocycles. The van der Waals surface area contributed by atoms with E-state index in [4.69, 9.17) is 9.84 Å². The molecule has 1 amide bonds. The van der Waals surface area contributed by atoms with Crippen molar-refractivity contribution >= 4 is 15.9 Å². The first kappa shape index (κ1) is 18.2. The van der Waals surface area contributed by atoms with Crippen molar-refractivity contribution in [2.45, 2.75) is 70.5 Å². The third-order valence-corrected chi connectivity index (χ3v) is 6.20. The standard InChI is InChI=1S/C14H27NO5S/c1-9(2)20-12-5-6-13(15-14(16)17)11(7-12)8-21(18,19)10(3)4/h9-13,15H,5-8H2,1-4H3,(H,16,17)/t11-,12?,13+/m1/s1. The molecule has 1 rings (SSSR count). The fourth-order valence-corrected chi connectivity index (χ4v) is 4.10. The Kier molecular flexibility index (Phi) is 6.46. The number of hydrogen-bond acceptors (Lipinski definition) is 4. The molecular formula is C14H27NO5S. The second-order valence-corrected chi connectivity index (χ2v) is 8.92. The molecule has 0 aromatic carbocycles.